The minimum atomic E-state index is 1.16. The molecule has 0 aromatic carbocycles. The van der Waals surface area contributed by atoms with Gasteiger partial charge in [0, 0.05) is 12.4 Å². The Hall–Kier alpha value is -0.720. The van der Waals surface area contributed by atoms with E-state index in [1.807, 2.05) is 12.4 Å². The van der Waals surface area contributed by atoms with Crippen LogP contribution in [0.2, 0.25) is 0 Å². The summed E-state index contributed by atoms with van der Waals surface area (Å²) in [5.41, 5.74) is 0. The van der Waals surface area contributed by atoms with Crippen LogP contribution in [0.5, 0.6) is 0 Å². The zero-order valence-corrected chi connectivity index (χ0v) is 9.00. The van der Waals surface area contributed by atoms with E-state index in [1.54, 1.807) is 0 Å². The first kappa shape index (κ1) is 12.3. The van der Waals surface area contributed by atoms with Crippen molar-refractivity contribution in [1.82, 2.24) is 5.32 Å². The van der Waals surface area contributed by atoms with Gasteiger partial charge in [-0.25, -0.2) is 0 Å². The van der Waals surface area contributed by atoms with Crippen LogP contribution in [0.15, 0.2) is 24.6 Å². The Morgan fingerprint density at radius 2 is 1.31 bits per heavy atom. The van der Waals surface area contributed by atoms with Gasteiger partial charge in [0.25, 0.3) is 0 Å². The summed E-state index contributed by atoms with van der Waals surface area (Å²) in [6.07, 6.45) is 15.4. The van der Waals surface area contributed by atoms with E-state index in [0.717, 1.165) is 12.8 Å². The number of hydrogen-bond donors (Lipinski definition) is 0. The van der Waals surface area contributed by atoms with E-state index in [0.29, 0.717) is 0 Å². The molecule has 75 valence electrons. The first-order valence-electron chi connectivity index (χ1n) is 5.41. The van der Waals surface area contributed by atoms with E-state index in [1.165, 1.54) is 25.7 Å². The van der Waals surface area contributed by atoms with Gasteiger partial charge in [-0.2, -0.15) is 0 Å². The highest BCUT2D eigenvalue weighted by atomic mass is 14.8. The van der Waals surface area contributed by atoms with Crippen molar-refractivity contribution < 1.29 is 0 Å². The van der Waals surface area contributed by atoms with Crippen molar-refractivity contribution in [3.8, 4) is 0 Å². The first-order valence-corrected chi connectivity index (χ1v) is 5.41. The normalized spacial score (nSPS) is 11.5. The van der Waals surface area contributed by atoms with Crippen molar-refractivity contribution in [3.63, 3.8) is 0 Å². The molecule has 0 atom stereocenters. The molecule has 0 aliphatic rings. The van der Waals surface area contributed by atoms with Crippen LogP contribution in [0.3, 0.4) is 0 Å². The topological polar surface area (TPSA) is 14.1 Å². The van der Waals surface area contributed by atoms with Crippen LogP contribution in [0.25, 0.3) is 0 Å². The van der Waals surface area contributed by atoms with Crippen molar-refractivity contribution >= 4 is 0 Å². The summed E-state index contributed by atoms with van der Waals surface area (Å²) >= 11 is 0. The minimum absolute atomic E-state index is 1.16. The molecule has 0 aliphatic carbocycles. The van der Waals surface area contributed by atoms with Crippen molar-refractivity contribution in [1.29, 1.82) is 0 Å². The highest BCUT2D eigenvalue weighted by molar-refractivity contribution is 4.87. The average molecular weight is 180 g/mol. The molecule has 1 heteroatoms. The molecule has 0 rings (SSSR count). The van der Waals surface area contributed by atoms with Crippen LogP contribution < -0.4 is 5.32 Å². The Morgan fingerprint density at radius 3 is 1.69 bits per heavy atom. The lowest BCUT2D eigenvalue weighted by Gasteiger charge is -1.89. The maximum absolute atomic E-state index is 4.15. The number of unbranched alkanes of at least 4 members (excludes halogenated alkanes) is 4. The fraction of sp³-hybridized carbons (Fsp3) is 0.667. The summed E-state index contributed by atoms with van der Waals surface area (Å²) in [5, 5.41) is 4.15. The SMILES string of the molecule is CCCC/C=C/[N]/C=C/CCCC. The largest absolute Gasteiger partial charge is 0.265 e. The van der Waals surface area contributed by atoms with Gasteiger partial charge in [-0.15, -0.1) is 0 Å². The summed E-state index contributed by atoms with van der Waals surface area (Å²) in [6.45, 7) is 4.41. The Bertz CT molecular complexity index is 120. The fourth-order valence-corrected chi connectivity index (χ4v) is 0.964. The molecule has 0 aromatic rings. The second-order valence-corrected chi connectivity index (χ2v) is 3.20. The third-order valence-corrected chi connectivity index (χ3v) is 1.83. The first-order chi connectivity index (χ1) is 6.41. The van der Waals surface area contributed by atoms with Gasteiger partial charge in [0.1, 0.15) is 0 Å². The van der Waals surface area contributed by atoms with E-state index < -0.39 is 0 Å². The lowest BCUT2D eigenvalue weighted by molar-refractivity contribution is 0.807. The van der Waals surface area contributed by atoms with Gasteiger partial charge in [0.15, 0.2) is 0 Å². The molecule has 13 heavy (non-hydrogen) atoms. The molecular formula is C12H22N. The summed E-state index contributed by atoms with van der Waals surface area (Å²) < 4.78 is 0. The van der Waals surface area contributed by atoms with Crippen LogP contribution in [-0.2, 0) is 0 Å². The fourth-order valence-electron chi connectivity index (χ4n) is 0.964. The van der Waals surface area contributed by atoms with Gasteiger partial charge in [-0.3, -0.25) is 5.32 Å². The van der Waals surface area contributed by atoms with E-state index in [2.05, 4.69) is 31.3 Å². The molecule has 0 aromatic heterocycles. The number of rotatable bonds is 8. The molecule has 1 radical (unpaired) electrons. The van der Waals surface area contributed by atoms with Crippen LogP contribution in [-0.4, -0.2) is 0 Å². The van der Waals surface area contributed by atoms with E-state index >= 15 is 0 Å². The predicted octanol–water partition coefficient (Wildman–Crippen LogP) is 4.00. The molecule has 0 heterocycles. The van der Waals surface area contributed by atoms with Gasteiger partial charge in [-0.1, -0.05) is 51.7 Å². The maximum Gasteiger partial charge on any atom is 0.0227 e. The molecule has 0 aliphatic heterocycles. The molecule has 0 saturated heterocycles. The lowest BCUT2D eigenvalue weighted by Crippen LogP contribution is -1.81. The highest BCUT2D eigenvalue weighted by Gasteiger charge is 1.78. The molecule has 0 spiro atoms. The third-order valence-electron chi connectivity index (χ3n) is 1.83. The second-order valence-electron chi connectivity index (χ2n) is 3.20. The molecule has 0 bridgehead atoms. The Morgan fingerprint density at radius 1 is 0.846 bits per heavy atom. The zero-order valence-electron chi connectivity index (χ0n) is 9.00. The smallest absolute Gasteiger partial charge is 0.0227 e. The quantitative estimate of drug-likeness (QED) is 0.501. The van der Waals surface area contributed by atoms with Gasteiger partial charge >= 0.3 is 0 Å². The van der Waals surface area contributed by atoms with Crippen LogP contribution in [0.1, 0.15) is 52.4 Å². The number of nitrogens with zero attached hydrogens (tertiary/aromatic N) is 1. The third kappa shape index (κ3) is 11.3. The molecule has 0 fully saturated rings. The monoisotopic (exact) mass is 180 g/mol. The summed E-state index contributed by atoms with van der Waals surface area (Å²) in [4.78, 5) is 0. The van der Waals surface area contributed by atoms with Crippen molar-refractivity contribution in [3.05, 3.63) is 24.6 Å². The number of hydrogen-bond acceptors (Lipinski definition) is 0. The molecule has 0 N–H and O–H groups in total. The van der Waals surface area contributed by atoms with Gasteiger partial charge in [0.05, 0.1) is 0 Å². The summed E-state index contributed by atoms with van der Waals surface area (Å²) in [7, 11) is 0. The van der Waals surface area contributed by atoms with Crippen LogP contribution in [0.4, 0.5) is 0 Å². The Kier molecular flexibility index (Phi) is 10.7. The predicted molar refractivity (Wildman–Crippen MR) is 59.5 cm³/mol. The number of allylic oxidation sites excluding steroid dienone is 2. The van der Waals surface area contributed by atoms with E-state index in [-0.39, 0.29) is 0 Å². The summed E-state index contributed by atoms with van der Waals surface area (Å²) in [5.74, 6) is 0. The van der Waals surface area contributed by atoms with Gasteiger partial charge in [-0.05, 0) is 12.8 Å². The standard InChI is InChI=1S/C12H22N/c1-3-5-7-9-11-13-12-10-8-6-4-2/h9-12H,3-8H2,1-2H3/b11-9+,12-10+. The van der Waals surface area contributed by atoms with Crippen molar-refractivity contribution in [2.45, 2.75) is 52.4 Å². The molecule has 1 nitrogen and oxygen atoms in total. The molecule has 0 unspecified atom stereocenters. The van der Waals surface area contributed by atoms with Gasteiger partial charge in [0.2, 0.25) is 0 Å². The Balaban J connectivity index is 3.13. The van der Waals surface area contributed by atoms with Crippen molar-refractivity contribution in [2.24, 2.45) is 0 Å². The van der Waals surface area contributed by atoms with Crippen LogP contribution in [0, 0.1) is 0 Å². The molecular weight excluding hydrogens is 158 g/mol. The molecule has 0 saturated carbocycles. The maximum atomic E-state index is 4.15. The highest BCUT2D eigenvalue weighted by Crippen LogP contribution is 1.95. The van der Waals surface area contributed by atoms with E-state index in [9.17, 15) is 0 Å². The van der Waals surface area contributed by atoms with E-state index in [4.69, 9.17) is 0 Å². The van der Waals surface area contributed by atoms with Crippen LogP contribution >= 0.6 is 0 Å². The second kappa shape index (κ2) is 11.3. The van der Waals surface area contributed by atoms with Crippen molar-refractivity contribution in [2.75, 3.05) is 0 Å². The Labute approximate surface area is 82.9 Å². The summed E-state index contributed by atoms with van der Waals surface area (Å²) in [6, 6.07) is 0. The van der Waals surface area contributed by atoms with Gasteiger partial charge < -0.3 is 0 Å². The lowest BCUT2D eigenvalue weighted by atomic mass is 10.2. The zero-order chi connectivity index (χ0) is 9.78. The minimum Gasteiger partial charge on any atom is -0.265 e. The average Bonchev–Trinajstić information content (AvgIpc) is 2.16. The molecule has 0 amide bonds.